The average Bonchev–Trinajstić information content (AvgIpc) is 2.49. The molecule has 0 aliphatic heterocycles. The summed E-state index contributed by atoms with van der Waals surface area (Å²) >= 11 is 11.9. The SMILES string of the molecule is COc1ccc(NC(=O)CNc2cccc(Cl)c2Cl)cc1. The molecular weight excluding hydrogens is 311 g/mol. The van der Waals surface area contributed by atoms with Gasteiger partial charge in [-0.15, -0.1) is 0 Å². The molecule has 0 bridgehead atoms. The van der Waals surface area contributed by atoms with Gasteiger partial charge in [0.2, 0.25) is 5.91 Å². The van der Waals surface area contributed by atoms with Gasteiger partial charge in [-0.2, -0.15) is 0 Å². The highest BCUT2D eigenvalue weighted by Gasteiger charge is 2.06. The van der Waals surface area contributed by atoms with Crippen LogP contribution in [0, 0.1) is 0 Å². The minimum Gasteiger partial charge on any atom is -0.497 e. The Morgan fingerprint density at radius 2 is 1.86 bits per heavy atom. The highest BCUT2D eigenvalue weighted by atomic mass is 35.5. The third-order valence-electron chi connectivity index (χ3n) is 2.76. The zero-order valence-electron chi connectivity index (χ0n) is 11.3. The number of ether oxygens (including phenoxy) is 1. The van der Waals surface area contributed by atoms with E-state index in [0.717, 1.165) is 5.75 Å². The fourth-order valence-electron chi connectivity index (χ4n) is 1.70. The first-order valence-electron chi connectivity index (χ1n) is 6.22. The third-order valence-corrected chi connectivity index (χ3v) is 3.58. The minimum absolute atomic E-state index is 0.0894. The molecule has 0 spiro atoms. The molecule has 0 unspecified atom stereocenters. The maximum atomic E-state index is 11.9. The van der Waals surface area contributed by atoms with Crippen LogP contribution in [-0.4, -0.2) is 19.6 Å². The predicted molar refractivity (Wildman–Crippen MR) is 86.6 cm³/mol. The molecule has 4 nitrogen and oxygen atoms in total. The lowest BCUT2D eigenvalue weighted by atomic mass is 10.3. The minimum atomic E-state index is -0.184. The van der Waals surface area contributed by atoms with Crippen LogP contribution >= 0.6 is 23.2 Å². The Morgan fingerprint density at radius 1 is 1.14 bits per heavy atom. The number of anilines is 2. The number of nitrogens with one attached hydrogen (secondary N) is 2. The van der Waals surface area contributed by atoms with Gasteiger partial charge >= 0.3 is 0 Å². The summed E-state index contributed by atoms with van der Waals surface area (Å²) in [6, 6.07) is 12.3. The van der Waals surface area contributed by atoms with Gasteiger partial charge in [-0.1, -0.05) is 29.3 Å². The molecule has 2 aromatic carbocycles. The molecule has 0 radical (unpaired) electrons. The van der Waals surface area contributed by atoms with Crippen molar-refractivity contribution in [3.8, 4) is 5.75 Å². The summed E-state index contributed by atoms with van der Waals surface area (Å²) in [6.07, 6.45) is 0. The summed E-state index contributed by atoms with van der Waals surface area (Å²) in [5.74, 6) is 0.549. The van der Waals surface area contributed by atoms with Crippen molar-refractivity contribution < 1.29 is 9.53 Å². The number of carbonyl (C=O) groups excluding carboxylic acids is 1. The van der Waals surface area contributed by atoms with Gasteiger partial charge < -0.3 is 15.4 Å². The molecule has 1 amide bonds. The van der Waals surface area contributed by atoms with Crippen LogP contribution in [0.1, 0.15) is 0 Å². The van der Waals surface area contributed by atoms with Crippen LogP contribution in [0.2, 0.25) is 10.0 Å². The number of hydrogen-bond donors (Lipinski definition) is 2. The third kappa shape index (κ3) is 4.28. The van der Waals surface area contributed by atoms with Crippen molar-refractivity contribution in [1.29, 1.82) is 0 Å². The zero-order chi connectivity index (χ0) is 15.2. The van der Waals surface area contributed by atoms with E-state index < -0.39 is 0 Å². The maximum Gasteiger partial charge on any atom is 0.243 e. The molecule has 0 saturated carbocycles. The highest BCUT2D eigenvalue weighted by molar-refractivity contribution is 6.43. The molecular formula is C15H14Cl2N2O2. The Labute approximate surface area is 133 Å². The smallest absolute Gasteiger partial charge is 0.243 e. The molecule has 0 atom stereocenters. The van der Waals surface area contributed by atoms with Gasteiger partial charge in [0.25, 0.3) is 0 Å². The van der Waals surface area contributed by atoms with Crippen molar-refractivity contribution in [2.24, 2.45) is 0 Å². The summed E-state index contributed by atoms with van der Waals surface area (Å²) in [5.41, 5.74) is 1.31. The molecule has 0 heterocycles. The lowest BCUT2D eigenvalue weighted by molar-refractivity contribution is -0.114. The van der Waals surface area contributed by atoms with Crippen LogP contribution < -0.4 is 15.4 Å². The van der Waals surface area contributed by atoms with Crippen molar-refractivity contribution in [2.75, 3.05) is 24.3 Å². The summed E-state index contributed by atoms with van der Waals surface area (Å²) in [5, 5.41) is 6.55. The number of benzene rings is 2. The number of hydrogen-bond acceptors (Lipinski definition) is 3. The quantitative estimate of drug-likeness (QED) is 0.872. The Balaban J connectivity index is 1.91. The molecule has 21 heavy (non-hydrogen) atoms. The topological polar surface area (TPSA) is 50.4 Å². The monoisotopic (exact) mass is 324 g/mol. The molecule has 0 aliphatic rings. The Kier molecular flexibility index (Phi) is 5.31. The van der Waals surface area contributed by atoms with Crippen molar-refractivity contribution in [3.63, 3.8) is 0 Å². The van der Waals surface area contributed by atoms with Crippen LogP contribution in [0.3, 0.4) is 0 Å². The van der Waals surface area contributed by atoms with E-state index in [0.29, 0.717) is 21.4 Å². The van der Waals surface area contributed by atoms with Gasteiger partial charge in [-0.3, -0.25) is 4.79 Å². The maximum absolute atomic E-state index is 11.9. The van der Waals surface area contributed by atoms with Crippen LogP contribution in [0.5, 0.6) is 5.75 Å². The summed E-state index contributed by atoms with van der Waals surface area (Å²) < 4.78 is 5.05. The molecule has 2 aromatic rings. The fourth-order valence-corrected chi connectivity index (χ4v) is 2.06. The Hall–Kier alpha value is -1.91. The van der Waals surface area contributed by atoms with Crippen LogP contribution in [0.4, 0.5) is 11.4 Å². The second kappa shape index (κ2) is 7.20. The number of rotatable bonds is 5. The molecule has 0 aromatic heterocycles. The van der Waals surface area contributed by atoms with Crippen molar-refractivity contribution in [3.05, 3.63) is 52.5 Å². The number of carbonyl (C=O) groups is 1. The molecule has 0 aliphatic carbocycles. The standard InChI is InChI=1S/C15H14Cl2N2O2/c1-21-11-7-5-10(6-8-11)19-14(20)9-18-13-4-2-3-12(16)15(13)17/h2-8,18H,9H2,1H3,(H,19,20). The number of halogens is 2. The molecule has 0 fully saturated rings. The molecule has 110 valence electrons. The van der Waals surface area contributed by atoms with Crippen LogP contribution in [0.25, 0.3) is 0 Å². The molecule has 0 saturated heterocycles. The summed E-state index contributed by atoms with van der Waals surface area (Å²) in [6.45, 7) is 0.0894. The second-order valence-electron chi connectivity index (χ2n) is 4.23. The van der Waals surface area contributed by atoms with Crippen molar-refractivity contribution in [2.45, 2.75) is 0 Å². The lowest BCUT2D eigenvalue weighted by Gasteiger charge is -2.10. The lowest BCUT2D eigenvalue weighted by Crippen LogP contribution is -2.21. The Morgan fingerprint density at radius 3 is 2.52 bits per heavy atom. The van der Waals surface area contributed by atoms with E-state index in [1.165, 1.54) is 0 Å². The van der Waals surface area contributed by atoms with Gasteiger partial charge in [-0.05, 0) is 36.4 Å². The van der Waals surface area contributed by atoms with E-state index in [9.17, 15) is 4.79 Å². The zero-order valence-corrected chi connectivity index (χ0v) is 12.8. The van der Waals surface area contributed by atoms with Crippen LogP contribution in [0.15, 0.2) is 42.5 Å². The van der Waals surface area contributed by atoms with Gasteiger partial charge in [-0.25, -0.2) is 0 Å². The number of methoxy groups -OCH3 is 1. The van der Waals surface area contributed by atoms with Gasteiger partial charge in [0.1, 0.15) is 5.75 Å². The van der Waals surface area contributed by atoms with E-state index in [-0.39, 0.29) is 12.5 Å². The Bertz CT molecular complexity index is 630. The first kappa shape index (κ1) is 15.5. The first-order valence-corrected chi connectivity index (χ1v) is 6.97. The van der Waals surface area contributed by atoms with E-state index in [2.05, 4.69) is 10.6 Å². The van der Waals surface area contributed by atoms with E-state index in [1.807, 2.05) is 0 Å². The van der Waals surface area contributed by atoms with Gasteiger partial charge in [0, 0.05) is 5.69 Å². The van der Waals surface area contributed by atoms with Crippen molar-refractivity contribution >= 4 is 40.5 Å². The fraction of sp³-hybridized carbons (Fsp3) is 0.133. The normalized spacial score (nSPS) is 10.0. The summed E-state index contributed by atoms with van der Waals surface area (Å²) in [4.78, 5) is 11.9. The van der Waals surface area contributed by atoms with Gasteiger partial charge in [0.15, 0.2) is 0 Å². The van der Waals surface area contributed by atoms with Gasteiger partial charge in [0.05, 0.1) is 29.4 Å². The van der Waals surface area contributed by atoms with E-state index in [4.69, 9.17) is 27.9 Å². The number of amides is 1. The molecule has 6 heteroatoms. The predicted octanol–water partition coefficient (Wildman–Crippen LogP) is 4.05. The van der Waals surface area contributed by atoms with Crippen molar-refractivity contribution in [1.82, 2.24) is 0 Å². The molecule has 2 rings (SSSR count). The average molecular weight is 325 g/mol. The molecule has 2 N–H and O–H groups in total. The summed E-state index contributed by atoms with van der Waals surface area (Å²) in [7, 11) is 1.59. The largest absolute Gasteiger partial charge is 0.497 e. The first-order chi connectivity index (χ1) is 10.1. The highest BCUT2D eigenvalue weighted by Crippen LogP contribution is 2.29. The van der Waals surface area contributed by atoms with E-state index >= 15 is 0 Å². The van der Waals surface area contributed by atoms with E-state index in [1.54, 1.807) is 49.6 Å². The van der Waals surface area contributed by atoms with Crippen LogP contribution in [-0.2, 0) is 4.79 Å². The second-order valence-corrected chi connectivity index (χ2v) is 5.02.